The van der Waals surface area contributed by atoms with E-state index < -0.39 is 89.3 Å². The highest BCUT2D eigenvalue weighted by molar-refractivity contribution is 7.61. The number of hydrogen-bond donors (Lipinski definition) is 9. The Kier molecular flexibility index (Phi) is 8.91. The van der Waals surface area contributed by atoms with Crippen LogP contribution in [0.4, 0.5) is 5.95 Å². The monoisotopic (exact) mass is 617 g/mol. The van der Waals surface area contributed by atoms with E-state index in [1.54, 1.807) is 0 Å². The number of carbonyl (C=O) groups is 1. The molecule has 2 aliphatic heterocycles. The van der Waals surface area contributed by atoms with Crippen LogP contribution in [0.3, 0.4) is 0 Å². The molecule has 40 heavy (non-hydrogen) atoms. The Morgan fingerprint density at radius 3 is 2.45 bits per heavy atom. The standard InChI is InChI=1S/C17H25N5O16P2/c18-17-20-13-7(14(29)21-17)19-4-22(13)15-11(27)9(25)6(35-15)3-34-39(30,31)38-40(32,33)37-16-12(28)10(26)8(24)5(36-16)1-2-23/h4-6,9-12,15-16,23,25-28H,1-3H2,(H,30,31)(H,32,33)(H3,18,20,21,29)/t5-,6-,9-,10+,11-,12+,15-,16-/m1/s1. The van der Waals surface area contributed by atoms with Gasteiger partial charge in [0, 0.05) is 13.0 Å². The van der Waals surface area contributed by atoms with Crippen LogP contribution < -0.4 is 11.3 Å². The van der Waals surface area contributed by atoms with E-state index in [-0.39, 0.29) is 23.5 Å². The number of fused-ring (bicyclic) bond motifs is 1. The van der Waals surface area contributed by atoms with Gasteiger partial charge >= 0.3 is 15.6 Å². The van der Waals surface area contributed by atoms with Crippen LogP contribution in [0.25, 0.3) is 11.2 Å². The SMILES string of the molecule is Nc1nc2c(ncn2[C@@H]2O[C@H](COP(=O)(O)OP(=O)(O)O[C@H]3O[C@H](CCO)C(=O)[C@H](O)[C@@H]3O)[C@@H](O)[C@H]2O)c(=O)[nH]1. The minimum atomic E-state index is -5.61. The zero-order chi connectivity index (χ0) is 29.6. The van der Waals surface area contributed by atoms with Crippen LogP contribution in [0.1, 0.15) is 12.6 Å². The van der Waals surface area contributed by atoms with Gasteiger partial charge in [-0.2, -0.15) is 9.29 Å². The number of anilines is 1. The lowest BCUT2D eigenvalue weighted by molar-refractivity contribution is -0.231. The van der Waals surface area contributed by atoms with E-state index in [1.807, 2.05) is 0 Å². The fraction of sp³-hybridized carbons (Fsp3) is 0.647. The molecule has 0 aromatic carbocycles. The van der Waals surface area contributed by atoms with Crippen molar-refractivity contribution >= 4 is 38.5 Å². The third-order valence-corrected chi connectivity index (χ3v) is 8.41. The lowest BCUT2D eigenvalue weighted by Gasteiger charge is -2.35. The van der Waals surface area contributed by atoms with Crippen molar-refractivity contribution in [1.29, 1.82) is 0 Å². The number of phosphoric acid groups is 2. The Balaban J connectivity index is 1.39. The number of rotatable bonds is 10. The Labute approximate surface area is 221 Å². The van der Waals surface area contributed by atoms with Gasteiger partial charge in [0.15, 0.2) is 29.5 Å². The molecule has 0 amide bonds. The van der Waals surface area contributed by atoms with Crippen molar-refractivity contribution in [3.63, 3.8) is 0 Å². The maximum atomic E-state index is 12.3. The molecule has 0 saturated carbocycles. The van der Waals surface area contributed by atoms with Gasteiger partial charge in [0.05, 0.1) is 12.9 Å². The summed E-state index contributed by atoms with van der Waals surface area (Å²) >= 11 is 0. The fourth-order valence-electron chi connectivity index (χ4n) is 3.93. The van der Waals surface area contributed by atoms with Crippen LogP contribution in [0.2, 0.25) is 0 Å². The Morgan fingerprint density at radius 1 is 1.07 bits per heavy atom. The summed E-state index contributed by atoms with van der Waals surface area (Å²) in [6, 6.07) is 0. The van der Waals surface area contributed by atoms with Gasteiger partial charge in [0.2, 0.25) is 5.95 Å². The van der Waals surface area contributed by atoms with Crippen LogP contribution >= 0.6 is 15.6 Å². The molecule has 10 atom stereocenters. The van der Waals surface area contributed by atoms with Crippen molar-refractivity contribution in [2.75, 3.05) is 18.9 Å². The molecule has 224 valence electrons. The normalized spacial score (nSPS) is 34.1. The highest BCUT2D eigenvalue weighted by Crippen LogP contribution is 2.61. The highest BCUT2D eigenvalue weighted by Gasteiger charge is 2.49. The van der Waals surface area contributed by atoms with E-state index in [0.717, 1.165) is 10.9 Å². The van der Waals surface area contributed by atoms with Gasteiger partial charge in [-0.25, -0.2) is 14.1 Å². The number of hydrogen-bond acceptors (Lipinski definition) is 17. The van der Waals surface area contributed by atoms with Crippen LogP contribution in [0.5, 0.6) is 0 Å². The molecule has 2 saturated heterocycles. The number of Topliss-reactive ketones (excluding diaryl/α,β-unsaturated/α-hetero) is 1. The second kappa shape index (κ2) is 11.6. The summed E-state index contributed by atoms with van der Waals surface area (Å²) < 4.78 is 49.3. The average Bonchev–Trinajstić information content (AvgIpc) is 3.39. The number of carbonyl (C=O) groups excluding carboxylic acids is 1. The van der Waals surface area contributed by atoms with Crippen molar-refractivity contribution in [1.82, 2.24) is 19.5 Å². The number of aromatic amines is 1. The summed E-state index contributed by atoms with van der Waals surface area (Å²) in [5.74, 6) is -1.33. The molecule has 2 aromatic heterocycles. The maximum Gasteiger partial charge on any atom is 0.483 e. The third kappa shape index (κ3) is 6.32. The molecule has 23 heteroatoms. The number of aromatic nitrogens is 4. The summed E-state index contributed by atoms with van der Waals surface area (Å²) in [6.07, 6.45) is -13.8. The van der Waals surface area contributed by atoms with Crippen molar-refractivity contribution < 1.29 is 72.1 Å². The van der Waals surface area contributed by atoms with Gasteiger partial charge < -0.3 is 50.5 Å². The van der Waals surface area contributed by atoms with E-state index in [2.05, 4.69) is 28.3 Å². The predicted molar refractivity (Wildman–Crippen MR) is 124 cm³/mol. The second-order valence-corrected chi connectivity index (χ2v) is 11.6. The van der Waals surface area contributed by atoms with E-state index in [0.29, 0.717) is 0 Å². The lowest BCUT2D eigenvalue weighted by Crippen LogP contribution is -2.55. The molecule has 4 heterocycles. The van der Waals surface area contributed by atoms with E-state index in [9.17, 15) is 48.9 Å². The first kappa shape index (κ1) is 30.8. The summed E-state index contributed by atoms with van der Waals surface area (Å²) in [5.41, 5.74) is 4.54. The van der Waals surface area contributed by atoms with E-state index in [4.69, 9.17) is 20.3 Å². The van der Waals surface area contributed by atoms with Crippen molar-refractivity contribution in [2.45, 2.75) is 55.6 Å². The first-order valence-electron chi connectivity index (χ1n) is 11.2. The van der Waals surface area contributed by atoms with Gasteiger partial charge in [-0.1, -0.05) is 0 Å². The predicted octanol–water partition coefficient (Wildman–Crippen LogP) is -4.03. The molecule has 10 N–H and O–H groups in total. The van der Waals surface area contributed by atoms with Crippen LogP contribution in [0.15, 0.2) is 11.1 Å². The second-order valence-electron chi connectivity index (χ2n) is 8.58. The van der Waals surface area contributed by atoms with Gasteiger partial charge in [-0.3, -0.25) is 28.2 Å². The average molecular weight is 617 g/mol. The Morgan fingerprint density at radius 2 is 1.77 bits per heavy atom. The number of nitrogens with one attached hydrogen (secondary N) is 1. The summed E-state index contributed by atoms with van der Waals surface area (Å²) in [6.45, 7) is -1.59. The van der Waals surface area contributed by atoms with Crippen LogP contribution in [-0.4, -0.2) is 117 Å². The van der Waals surface area contributed by atoms with E-state index >= 15 is 0 Å². The van der Waals surface area contributed by atoms with Crippen LogP contribution in [0, 0.1) is 0 Å². The molecule has 21 nitrogen and oxygen atoms in total. The minimum Gasteiger partial charge on any atom is -0.396 e. The number of nitrogens with two attached hydrogens (primary N) is 1. The largest absolute Gasteiger partial charge is 0.483 e. The summed E-state index contributed by atoms with van der Waals surface area (Å²) in [4.78, 5) is 53.6. The number of aliphatic hydroxyl groups is 5. The molecular formula is C17H25N5O16P2. The fourth-order valence-corrected chi connectivity index (χ4v) is 6.09. The van der Waals surface area contributed by atoms with Gasteiger partial charge in [-0.05, 0) is 0 Å². The Hall–Kier alpha value is -2.20. The van der Waals surface area contributed by atoms with Gasteiger partial charge in [-0.15, -0.1) is 0 Å². The minimum absolute atomic E-state index is 0.117. The molecule has 2 fully saturated rings. The number of imidazole rings is 1. The Bertz CT molecular complexity index is 1400. The first-order valence-corrected chi connectivity index (χ1v) is 14.2. The van der Waals surface area contributed by atoms with Crippen molar-refractivity contribution in [3.8, 4) is 0 Å². The zero-order valence-electron chi connectivity index (χ0n) is 19.9. The highest BCUT2D eigenvalue weighted by atomic mass is 31.3. The molecule has 4 rings (SSSR count). The number of nitrogens with zero attached hydrogens (tertiary/aromatic N) is 3. The summed E-state index contributed by atoms with van der Waals surface area (Å²) in [7, 11) is -11.1. The topological polar surface area (TPSA) is 329 Å². The number of ether oxygens (including phenoxy) is 2. The molecular weight excluding hydrogens is 592 g/mol. The first-order chi connectivity index (χ1) is 18.6. The van der Waals surface area contributed by atoms with Crippen LogP contribution in [-0.2, 0) is 36.8 Å². The van der Waals surface area contributed by atoms with Gasteiger partial charge in [0.25, 0.3) is 5.56 Å². The molecule has 2 unspecified atom stereocenters. The van der Waals surface area contributed by atoms with Crippen molar-refractivity contribution in [2.24, 2.45) is 0 Å². The number of nitrogen functional groups attached to an aromatic ring is 1. The molecule has 0 radical (unpaired) electrons. The maximum absolute atomic E-state index is 12.3. The van der Waals surface area contributed by atoms with Crippen molar-refractivity contribution in [3.05, 3.63) is 16.7 Å². The number of ketones is 1. The molecule has 0 spiro atoms. The van der Waals surface area contributed by atoms with E-state index in [1.165, 1.54) is 0 Å². The molecule has 2 aliphatic rings. The number of H-pyrrole nitrogens is 1. The van der Waals surface area contributed by atoms with Gasteiger partial charge in [0.1, 0.15) is 36.6 Å². The zero-order valence-corrected chi connectivity index (χ0v) is 21.7. The smallest absolute Gasteiger partial charge is 0.396 e. The molecule has 0 bridgehead atoms. The molecule has 0 aliphatic carbocycles. The quantitative estimate of drug-likeness (QED) is 0.115. The summed E-state index contributed by atoms with van der Waals surface area (Å²) in [5, 5.41) is 49.5. The lowest BCUT2D eigenvalue weighted by atomic mass is 9.99. The number of phosphoric ester groups is 2. The number of aliphatic hydroxyl groups excluding tert-OH is 5. The third-order valence-electron chi connectivity index (χ3n) is 5.81. The molecule has 2 aromatic rings.